The fourth-order valence-corrected chi connectivity index (χ4v) is 2.82. The zero-order valence-electron chi connectivity index (χ0n) is 15.3. The van der Waals surface area contributed by atoms with Crippen LogP contribution in [0.5, 0.6) is 0 Å². The quantitative estimate of drug-likeness (QED) is 0.691. The predicted molar refractivity (Wildman–Crippen MR) is 102 cm³/mol. The molecule has 1 N–H and O–H groups in total. The van der Waals surface area contributed by atoms with Crippen LogP contribution in [-0.4, -0.2) is 34.5 Å². The Hall–Kier alpha value is -2.89. The summed E-state index contributed by atoms with van der Waals surface area (Å²) in [5, 5.41) is 2.70. The van der Waals surface area contributed by atoms with E-state index in [1.807, 2.05) is 53.4 Å². The molecule has 1 fully saturated rings. The summed E-state index contributed by atoms with van der Waals surface area (Å²) >= 11 is 0. The van der Waals surface area contributed by atoms with Crippen LogP contribution in [0, 0.1) is 0 Å². The third-order valence-electron chi connectivity index (χ3n) is 4.42. The average molecular weight is 367 g/mol. The van der Waals surface area contributed by atoms with Gasteiger partial charge < -0.3 is 15.0 Å². The van der Waals surface area contributed by atoms with Gasteiger partial charge in [0.05, 0.1) is 12.2 Å². The van der Waals surface area contributed by atoms with Crippen molar-refractivity contribution >= 4 is 12.0 Å². The van der Waals surface area contributed by atoms with Crippen LogP contribution in [0.25, 0.3) is 0 Å². The van der Waals surface area contributed by atoms with E-state index in [4.69, 9.17) is 4.74 Å². The van der Waals surface area contributed by atoms with Crippen molar-refractivity contribution in [3.8, 4) is 0 Å². The molecule has 0 radical (unpaired) electrons. The molecule has 1 saturated carbocycles. The highest BCUT2D eigenvalue weighted by Crippen LogP contribution is 2.28. The summed E-state index contributed by atoms with van der Waals surface area (Å²) < 4.78 is 5.16. The molecule has 0 unspecified atom stereocenters. The first-order valence-corrected chi connectivity index (χ1v) is 9.36. The topological polar surface area (TPSA) is 71.5 Å². The van der Waals surface area contributed by atoms with Crippen LogP contribution >= 0.6 is 0 Å². The lowest BCUT2D eigenvalue weighted by Gasteiger charge is -2.22. The highest BCUT2D eigenvalue weighted by Gasteiger charge is 2.32. The van der Waals surface area contributed by atoms with Crippen molar-refractivity contribution in [2.24, 2.45) is 0 Å². The van der Waals surface area contributed by atoms with Gasteiger partial charge in [-0.15, -0.1) is 0 Å². The third kappa shape index (κ3) is 6.40. The number of alkyl carbamates (subject to hydrolysis) is 1. The van der Waals surface area contributed by atoms with Crippen LogP contribution in [-0.2, 0) is 22.7 Å². The van der Waals surface area contributed by atoms with Gasteiger partial charge in [0.2, 0.25) is 5.91 Å². The Balaban J connectivity index is 1.35. The number of carbonyl (C=O) groups is 2. The van der Waals surface area contributed by atoms with E-state index in [0.717, 1.165) is 24.1 Å². The number of aromatic nitrogens is 1. The molecular weight excluding hydrogens is 342 g/mol. The van der Waals surface area contributed by atoms with Gasteiger partial charge in [-0.25, -0.2) is 4.79 Å². The van der Waals surface area contributed by atoms with Crippen molar-refractivity contribution in [2.45, 2.75) is 44.9 Å². The maximum Gasteiger partial charge on any atom is 0.407 e. The van der Waals surface area contributed by atoms with Gasteiger partial charge in [0.25, 0.3) is 0 Å². The Morgan fingerprint density at radius 2 is 1.89 bits per heavy atom. The maximum absolute atomic E-state index is 12.5. The Morgan fingerprint density at radius 3 is 2.59 bits per heavy atom. The fraction of sp³-hybridized carbons (Fsp3) is 0.381. The van der Waals surface area contributed by atoms with Gasteiger partial charge in [-0.3, -0.25) is 9.78 Å². The number of ether oxygens (including phenoxy) is 1. The largest absolute Gasteiger partial charge is 0.445 e. The van der Waals surface area contributed by atoms with Crippen LogP contribution < -0.4 is 5.32 Å². The van der Waals surface area contributed by atoms with E-state index >= 15 is 0 Å². The summed E-state index contributed by atoms with van der Waals surface area (Å²) in [6.07, 6.45) is 4.40. The summed E-state index contributed by atoms with van der Waals surface area (Å²) in [6.45, 7) is 1.21. The Labute approximate surface area is 159 Å². The highest BCUT2D eigenvalue weighted by atomic mass is 16.5. The molecule has 2 aromatic rings. The molecule has 1 aliphatic carbocycles. The van der Waals surface area contributed by atoms with Crippen molar-refractivity contribution < 1.29 is 14.3 Å². The van der Waals surface area contributed by atoms with Gasteiger partial charge in [0.1, 0.15) is 6.61 Å². The van der Waals surface area contributed by atoms with E-state index in [1.54, 1.807) is 6.20 Å². The second-order valence-corrected chi connectivity index (χ2v) is 6.67. The smallest absolute Gasteiger partial charge is 0.407 e. The monoisotopic (exact) mass is 367 g/mol. The zero-order valence-corrected chi connectivity index (χ0v) is 15.3. The second kappa shape index (κ2) is 9.71. The average Bonchev–Trinajstić information content (AvgIpc) is 3.54. The number of pyridine rings is 1. The minimum atomic E-state index is -0.459. The lowest BCUT2D eigenvalue weighted by Crippen LogP contribution is -2.33. The standard InChI is InChI=1S/C21H25N3O3/c25-20(24(19-11-12-19)15-18-9-4-5-13-22-18)10-6-14-23-21(26)27-16-17-7-2-1-3-8-17/h1-5,7-9,13,19H,6,10-12,14-16H2,(H,23,26). The van der Waals surface area contributed by atoms with Gasteiger partial charge in [0.15, 0.2) is 0 Å². The third-order valence-corrected chi connectivity index (χ3v) is 4.42. The number of hydrogen-bond donors (Lipinski definition) is 1. The Kier molecular flexibility index (Phi) is 6.79. The normalized spacial score (nSPS) is 13.0. The fourth-order valence-electron chi connectivity index (χ4n) is 2.82. The molecule has 0 saturated heterocycles. The van der Waals surface area contributed by atoms with Gasteiger partial charge in [-0.2, -0.15) is 0 Å². The minimum absolute atomic E-state index is 0.114. The lowest BCUT2D eigenvalue weighted by molar-refractivity contribution is -0.132. The number of carbonyl (C=O) groups excluding carboxylic acids is 2. The molecule has 0 aliphatic heterocycles. The van der Waals surface area contributed by atoms with Gasteiger partial charge >= 0.3 is 6.09 Å². The molecule has 1 aromatic carbocycles. The summed E-state index contributed by atoms with van der Waals surface area (Å²) in [6, 6.07) is 15.6. The summed E-state index contributed by atoms with van der Waals surface area (Å²) in [4.78, 5) is 30.5. The first-order chi connectivity index (χ1) is 13.2. The minimum Gasteiger partial charge on any atom is -0.445 e. The number of nitrogens with one attached hydrogen (secondary N) is 1. The molecule has 2 amide bonds. The van der Waals surface area contributed by atoms with Crippen molar-refractivity contribution in [2.75, 3.05) is 6.54 Å². The van der Waals surface area contributed by atoms with E-state index in [0.29, 0.717) is 32.0 Å². The molecule has 0 atom stereocenters. The molecule has 27 heavy (non-hydrogen) atoms. The summed E-state index contributed by atoms with van der Waals surface area (Å²) in [7, 11) is 0. The number of nitrogens with zero attached hydrogens (tertiary/aromatic N) is 2. The molecule has 6 heteroatoms. The highest BCUT2D eigenvalue weighted by molar-refractivity contribution is 5.77. The van der Waals surface area contributed by atoms with E-state index in [2.05, 4.69) is 10.3 Å². The van der Waals surface area contributed by atoms with Crippen LogP contribution in [0.1, 0.15) is 36.9 Å². The Bertz CT molecular complexity index is 733. The van der Waals surface area contributed by atoms with E-state index in [-0.39, 0.29) is 12.5 Å². The van der Waals surface area contributed by atoms with Gasteiger partial charge in [-0.1, -0.05) is 36.4 Å². The first kappa shape index (κ1) is 18.9. The molecule has 1 aromatic heterocycles. The SMILES string of the molecule is O=C(NCCCC(=O)N(Cc1ccccn1)C1CC1)OCc1ccccc1. The van der Waals surface area contributed by atoms with E-state index in [9.17, 15) is 9.59 Å². The predicted octanol–water partition coefficient (Wildman–Crippen LogP) is 3.28. The number of hydrogen-bond acceptors (Lipinski definition) is 4. The number of amides is 2. The van der Waals surface area contributed by atoms with Crippen LogP contribution in [0.3, 0.4) is 0 Å². The first-order valence-electron chi connectivity index (χ1n) is 9.36. The molecule has 142 valence electrons. The van der Waals surface area contributed by atoms with Gasteiger partial charge in [-0.05, 0) is 37.0 Å². The van der Waals surface area contributed by atoms with Crippen molar-refractivity contribution in [1.82, 2.24) is 15.2 Å². The Morgan fingerprint density at radius 1 is 1.11 bits per heavy atom. The van der Waals surface area contributed by atoms with E-state index < -0.39 is 6.09 Å². The molecule has 3 rings (SSSR count). The zero-order chi connectivity index (χ0) is 18.9. The maximum atomic E-state index is 12.5. The van der Waals surface area contributed by atoms with Crippen molar-refractivity contribution in [3.63, 3.8) is 0 Å². The summed E-state index contributed by atoms with van der Waals surface area (Å²) in [5.41, 5.74) is 1.85. The number of rotatable bonds is 9. The molecule has 0 bridgehead atoms. The summed E-state index contributed by atoms with van der Waals surface area (Å²) in [5.74, 6) is 0.114. The van der Waals surface area contributed by atoms with Crippen molar-refractivity contribution in [1.29, 1.82) is 0 Å². The van der Waals surface area contributed by atoms with Crippen LogP contribution in [0.15, 0.2) is 54.7 Å². The van der Waals surface area contributed by atoms with Crippen LogP contribution in [0.2, 0.25) is 0 Å². The van der Waals surface area contributed by atoms with E-state index in [1.165, 1.54) is 0 Å². The molecule has 1 heterocycles. The molecule has 0 spiro atoms. The van der Waals surface area contributed by atoms with Gasteiger partial charge in [0, 0.05) is 25.2 Å². The van der Waals surface area contributed by atoms with Crippen molar-refractivity contribution in [3.05, 3.63) is 66.0 Å². The number of benzene rings is 1. The lowest BCUT2D eigenvalue weighted by atomic mass is 10.2. The second-order valence-electron chi connectivity index (χ2n) is 6.67. The molecular formula is C21H25N3O3. The molecule has 1 aliphatic rings. The molecule has 6 nitrogen and oxygen atoms in total. The van der Waals surface area contributed by atoms with Crippen LogP contribution in [0.4, 0.5) is 4.79 Å².